The van der Waals surface area contributed by atoms with Gasteiger partial charge in [-0.15, -0.1) is 10.2 Å². The van der Waals surface area contributed by atoms with Gasteiger partial charge in [0.15, 0.2) is 0 Å². The van der Waals surface area contributed by atoms with Gasteiger partial charge in [0.05, 0.1) is 11.0 Å². The summed E-state index contributed by atoms with van der Waals surface area (Å²) in [5, 5.41) is 19.0. The topological polar surface area (TPSA) is 114 Å². The highest BCUT2D eigenvalue weighted by atomic mass is 16.6. The second-order valence-corrected chi connectivity index (χ2v) is 6.50. The number of aromatic nitrogens is 4. The summed E-state index contributed by atoms with van der Waals surface area (Å²) < 4.78 is 5.82. The maximum atomic E-state index is 10.8. The molecule has 0 aliphatic carbocycles. The van der Waals surface area contributed by atoms with Gasteiger partial charge in [-0.2, -0.15) is 0 Å². The third-order valence-corrected chi connectivity index (χ3v) is 4.82. The first-order valence-electron chi connectivity index (χ1n) is 8.96. The lowest BCUT2D eigenvalue weighted by molar-refractivity contribution is -0.384. The van der Waals surface area contributed by atoms with Crippen LogP contribution in [0.15, 0.2) is 47.1 Å². The summed E-state index contributed by atoms with van der Waals surface area (Å²) in [5.41, 5.74) is 0.680. The zero-order valence-electron chi connectivity index (χ0n) is 15.3. The largest absolute Gasteiger partial charge is 0.419 e. The molecule has 1 aliphatic rings. The van der Waals surface area contributed by atoms with E-state index in [2.05, 4.69) is 30.0 Å². The lowest BCUT2D eigenvalue weighted by Gasteiger charge is -2.36. The predicted molar refractivity (Wildman–Crippen MR) is 101 cm³/mol. The Morgan fingerprint density at radius 1 is 1.07 bits per heavy atom. The number of non-ortho nitro benzene ring substituents is 1. The van der Waals surface area contributed by atoms with Crippen LogP contribution in [0.5, 0.6) is 0 Å². The standard InChI is InChI=1S/C18H19N7O3/c1-13(23-9-11-24(12-10-23)18-19-7-2-8-20-18)16-21-22-17(28-16)14-3-5-15(6-4-14)25(26)27/h2-8,13H,9-12H2,1H3. The minimum absolute atomic E-state index is 0.0251. The van der Waals surface area contributed by atoms with Crippen LogP contribution in [0.2, 0.25) is 0 Å². The van der Waals surface area contributed by atoms with E-state index < -0.39 is 4.92 Å². The molecule has 1 aliphatic heterocycles. The van der Waals surface area contributed by atoms with E-state index in [0.717, 1.165) is 32.1 Å². The average Bonchev–Trinajstić information content (AvgIpc) is 3.24. The van der Waals surface area contributed by atoms with Crippen molar-refractivity contribution in [3.05, 3.63) is 58.7 Å². The average molecular weight is 381 g/mol. The molecular formula is C18H19N7O3. The third-order valence-electron chi connectivity index (χ3n) is 4.82. The Morgan fingerprint density at radius 3 is 2.39 bits per heavy atom. The first-order chi connectivity index (χ1) is 13.6. The molecule has 1 unspecified atom stereocenters. The Bertz CT molecular complexity index is 937. The molecule has 2 aromatic heterocycles. The van der Waals surface area contributed by atoms with Crippen LogP contribution in [-0.2, 0) is 0 Å². The smallest absolute Gasteiger partial charge is 0.269 e. The predicted octanol–water partition coefficient (Wildman–Crippen LogP) is 2.32. The number of nitrogens with zero attached hydrogens (tertiary/aromatic N) is 7. The van der Waals surface area contributed by atoms with Gasteiger partial charge in [0, 0.05) is 56.3 Å². The molecule has 1 aromatic carbocycles. The van der Waals surface area contributed by atoms with Crippen LogP contribution in [0.3, 0.4) is 0 Å². The van der Waals surface area contributed by atoms with Gasteiger partial charge in [-0.05, 0) is 25.1 Å². The number of anilines is 1. The van der Waals surface area contributed by atoms with Crippen LogP contribution in [0.4, 0.5) is 11.6 Å². The Hall–Kier alpha value is -3.40. The van der Waals surface area contributed by atoms with Crippen molar-refractivity contribution in [2.24, 2.45) is 0 Å². The fraction of sp³-hybridized carbons (Fsp3) is 0.333. The van der Waals surface area contributed by atoms with Crippen molar-refractivity contribution < 1.29 is 9.34 Å². The molecule has 1 saturated heterocycles. The summed E-state index contributed by atoms with van der Waals surface area (Å²) in [4.78, 5) is 23.3. The fourth-order valence-electron chi connectivity index (χ4n) is 3.17. The molecule has 0 saturated carbocycles. The molecular weight excluding hydrogens is 362 g/mol. The van der Waals surface area contributed by atoms with Gasteiger partial charge in [0.1, 0.15) is 0 Å². The molecule has 10 nitrogen and oxygen atoms in total. The van der Waals surface area contributed by atoms with Crippen molar-refractivity contribution >= 4 is 11.6 Å². The fourth-order valence-corrected chi connectivity index (χ4v) is 3.17. The number of nitro benzene ring substituents is 1. The molecule has 1 fully saturated rings. The molecule has 0 N–H and O–H groups in total. The third kappa shape index (κ3) is 3.67. The van der Waals surface area contributed by atoms with Crippen LogP contribution in [0.25, 0.3) is 11.5 Å². The second kappa shape index (κ2) is 7.69. The number of piperazine rings is 1. The Morgan fingerprint density at radius 2 is 1.75 bits per heavy atom. The highest BCUT2D eigenvalue weighted by molar-refractivity contribution is 5.55. The van der Waals surface area contributed by atoms with E-state index in [1.807, 2.05) is 6.92 Å². The van der Waals surface area contributed by atoms with E-state index in [0.29, 0.717) is 17.3 Å². The molecule has 0 radical (unpaired) electrons. The van der Waals surface area contributed by atoms with Gasteiger partial charge in [0.25, 0.3) is 5.69 Å². The zero-order valence-corrected chi connectivity index (χ0v) is 15.3. The quantitative estimate of drug-likeness (QED) is 0.485. The normalized spacial score (nSPS) is 16.1. The molecule has 0 amide bonds. The van der Waals surface area contributed by atoms with Crippen molar-refractivity contribution in [3.8, 4) is 11.5 Å². The van der Waals surface area contributed by atoms with Crippen LogP contribution in [0.1, 0.15) is 18.9 Å². The first-order valence-corrected chi connectivity index (χ1v) is 8.96. The van der Waals surface area contributed by atoms with Crippen LogP contribution < -0.4 is 4.90 Å². The maximum Gasteiger partial charge on any atom is 0.269 e. The number of nitro groups is 1. The van der Waals surface area contributed by atoms with E-state index in [9.17, 15) is 10.1 Å². The lowest BCUT2D eigenvalue weighted by atomic mass is 10.2. The van der Waals surface area contributed by atoms with Crippen LogP contribution in [-0.4, -0.2) is 56.2 Å². The van der Waals surface area contributed by atoms with Gasteiger partial charge >= 0.3 is 0 Å². The van der Waals surface area contributed by atoms with Crippen molar-refractivity contribution in [2.75, 3.05) is 31.1 Å². The number of benzene rings is 1. The molecule has 10 heteroatoms. The van der Waals surface area contributed by atoms with Gasteiger partial charge in [-0.3, -0.25) is 15.0 Å². The molecule has 1 atom stereocenters. The van der Waals surface area contributed by atoms with E-state index >= 15 is 0 Å². The maximum absolute atomic E-state index is 10.8. The van der Waals surface area contributed by atoms with Crippen molar-refractivity contribution in [1.29, 1.82) is 0 Å². The summed E-state index contributed by atoms with van der Waals surface area (Å²) in [6, 6.07) is 7.84. The van der Waals surface area contributed by atoms with Crippen LogP contribution >= 0.6 is 0 Å². The van der Waals surface area contributed by atoms with Gasteiger partial charge in [-0.25, -0.2) is 9.97 Å². The Kier molecular flexibility index (Phi) is 4.94. The highest BCUT2D eigenvalue weighted by Crippen LogP contribution is 2.26. The Labute approximate surface area is 161 Å². The molecule has 4 rings (SSSR count). The van der Waals surface area contributed by atoms with Gasteiger partial charge in [0.2, 0.25) is 17.7 Å². The van der Waals surface area contributed by atoms with E-state index in [1.165, 1.54) is 12.1 Å². The number of hydrogen-bond acceptors (Lipinski definition) is 9. The highest BCUT2D eigenvalue weighted by Gasteiger charge is 2.26. The summed E-state index contributed by atoms with van der Waals surface area (Å²) >= 11 is 0. The zero-order chi connectivity index (χ0) is 19.5. The molecule has 0 bridgehead atoms. The van der Waals surface area contributed by atoms with E-state index in [-0.39, 0.29) is 11.7 Å². The molecule has 3 heterocycles. The van der Waals surface area contributed by atoms with Gasteiger partial charge in [-0.1, -0.05) is 0 Å². The summed E-state index contributed by atoms with van der Waals surface area (Å²) in [7, 11) is 0. The summed E-state index contributed by atoms with van der Waals surface area (Å²) in [6.07, 6.45) is 3.49. The minimum Gasteiger partial charge on any atom is -0.419 e. The van der Waals surface area contributed by atoms with Gasteiger partial charge < -0.3 is 9.32 Å². The van der Waals surface area contributed by atoms with Crippen LogP contribution in [0, 0.1) is 10.1 Å². The monoisotopic (exact) mass is 381 g/mol. The molecule has 0 spiro atoms. The lowest BCUT2D eigenvalue weighted by Crippen LogP contribution is -2.47. The summed E-state index contributed by atoms with van der Waals surface area (Å²) in [6.45, 7) is 5.32. The summed E-state index contributed by atoms with van der Waals surface area (Å²) in [5.74, 6) is 1.62. The Balaban J connectivity index is 1.41. The van der Waals surface area contributed by atoms with E-state index in [4.69, 9.17) is 4.42 Å². The SMILES string of the molecule is CC(c1nnc(-c2ccc([N+](=O)[O-])cc2)o1)N1CCN(c2ncccn2)CC1. The molecule has 3 aromatic rings. The van der Waals surface area contributed by atoms with Crippen molar-refractivity contribution in [2.45, 2.75) is 13.0 Å². The number of rotatable bonds is 5. The first kappa shape index (κ1) is 18.0. The van der Waals surface area contributed by atoms with Crippen molar-refractivity contribution in [3.63, 3.8) is 0 Å². The second-order valence-electron chi connectivity index (χ2n) is 6.50. The van der Waals surface area contributed by atoms with E-state index in [1.54, 1.807) is 30.6 Å². The molecule has 28 heavy (non-hydrogen) atoms. The molecule has 144 valence electrons. The minimum atomic E-state index is -0.439. The number of hydrogen-bond donors (Lipinski definition) is 0. The van der Waals surface area contributed by atoms with Crippen molar-refractivity contribution in [1.82, 2.24) is 25.1 Å².